The van der Waals surface area contributed by atoms with Crippen LogP contribution in [0.5, 0.6) is 0 Å². The Morgan fingerprint density at radius 2 is 2.05 bits per heavy atom. The van der Waals surface area contributed by atoms with Gasteiger partial charge in [-0.25, -0.2) is 0 Å². The van der Waals surface area contributed by atoms with E-state index in [1.165, 1.54) is 19.5 Å². The van der Waals surface area contributed by atoms with E-state index in [-0.39, 0.29) is 24.0 Å². The van der Waals surface area contributed by atoms with Gasteiger partial charge in [0, 0.05) is 45.6 Å². The van der Waals surface area contributed by atoms with Crippen LogP contribution < -0.4 is 10.6 Å². The van der Waals surface area contributed by atoms with E-state index >= 15 is 0 Å². The number of rotatable bonds is 5. The van der Waals surface area contributed by atoms with E-state index in [1.807, 2.05) is 19.2 Å². The molecule has 1 fully saturated rings. The monoisotopic (exact) mass is 391 g/mol. The molecule has 0 amide bonds. The fraction of sp³-hybridized carbons (Fsp3) is 0.643. The number of nitrogens with zero attached hydrogens (tertiary/aromatic N) is 3. The number of guanidine groups is 1. The summed E-state index contributed by atoms with van der Waals surface area (Å²) in [7, 11) is 4.01. The summed E-state index contributed by atoms with van der Waals surface area (Å²) in [5, 5.41) is 6.76. The maximum Gasteiger partial charge on any atom is 0.191 e. The molecule has 1 atom stereocenters. The Balaban J connectivity index is 0.00000200. The molecule has 0 bridgehead atoms. The van der Waals surface area contributed by atoms with Gasteiger partial charge in [0.05, 0.1) is 0 Å². The minimum atomic E-state index is 0. The second kappa shape index (κ2) is 9.23. The number of nitrogens with one attached hydrogen (secondary N) is 2. The van der Waals surface area contributed by atoms with Crippen LogP contribution >= 0.6 is 24.0 Å². The summed E-state index contributed by atoms with van der Waals surface area (Å²) >= 11 is 0. The number of halogens is 1. The Bertz CT molecular complexity index is 390. The van der Waals surface area contributed by atoms with Gasteiger partial charge in [0.15, 0.2) is 5.96 Å². The lowest BCUT2D eigenvalue weighted by molar-refractivity contribution is 0.394. The van der Waals surface area contributed by atoms with Crippen molar-refractivity contribution in [2.45, 2.75) is 13.0 Å². The van der Waals surface area contributed by atoms with Crippen LogP contribution in [-0.2, 0) is 6.54 Å². The second-order valence-electron chi connectivity index (χ2n) is 5.22. The van der Waals surface area contributed by atoms with Gasteiger partial charge in [-0.1, -0.05) is 0 Å². The molecule has 0 spiro atoms. The highest BCUT2D eigenvalue weighted by Crippen LogP contribution is 2.12. The molecule has 1 aliphatic heterocycles. The first-order valence-corrected chi connectivity index (χ1v) is 7.01. The Kier molecular flexibility index (Phi) is 7.98. The van der Waals surface area contributed by atoms with Crippen LogP contribution in [0.15, 0.2) is 29.5 Å². The summed E-state index contributed by atoms with van der Waals surface area (Å²) in [6.07, 6.45) is 5.43. The smallest absolute Gasteiger partial charge is 0.191 e. The first kappa shape index (κ1) is 17.3. The Labute approximate surface area is 138 Å². The van der Waals surface area contributed by atoms with Crippen LogP contribution in [-0.4, -0.2) is 55.7 Å². The van der Waals surface area contributed by atoms with Crippen LogP contribution in [0.4, 0.5) is 0 Å². The van der Waals surface area contributed by atoms with E-state index in [2.05, 4.69) is 44.5 Å². The SMILES string of the molecule is CN=C(NCCn1cccc1)NCC1CCN(C)C1.I. The molecule has 1 aliphatic rings. The largest absolute Gasteiger partial charge is 0.356 e. The summed E-state index contributed by atoms with van der Waals surface area (Å²) in [5.41, 5.74) is 0. The highest BCUT2D eigenvalue weighted by Gasteiger charge is 2.19. The van der Waals surface area contributed by atoms with Crippen molar-refractivity contribution in [2.24, 2.45) is 10.9 Å². The van der Waals surface area contributed by atoms with E-state index in [4.69, 9.17) is 0 Å². The number of hydrogen-bond acceptors (Lipinski definition) is 2. The lowest BCUT2D eigenvalue weighted by Crippen LogP contribution is -2.41. The van der Waals surface area contributed by atoms with Crippen molar-refractivity contribution < 1.29 is 0 Å². The van der Waals surface area contributed by atoms with Crippen LogP contribution in [0.1, 0.15) is 6.42 Å². The number of likely N-dealkylation sites (tertiary alicyclic amines) is 1. The fourth-order valence-corrected chi connectivity index (χ4v) is 2.48. The van der Waals surface area contributed by atoms with Crippen molar-refractivity contribution in [3.63, 3.8) is 0 Å². The number of aromatic nitrogens is 1. The molecule has 2 rings (SSSR count). The summed E-state index contributed by atoms with van der Waals surface area (Å²) in [6.45, 7) is 5.26. The molecular weight excluding hydrogens is 365 g/mol. The lowest BCUT2D eigenvalue weighted by atomic mass is 10.1. The van der Waals surface area contributed by atoms with Gasteiger partial charge in [0.25, 0.3) is 0 Å². The molecule has 2 N–H and O–H groups in total. The summed E-state index contributed by atoms with van der Waals surface area (Å²) in [5.74, 6) is 1.65. The zero-order valence-corrected chi connectivity index (χ0v) is 14.7. The second-order valence-corrected chi connectivity index (χ2v) is 5.22. The van der Waals surface area contributed by atoms with Crippen LogP contribution in [0.25, 0.3) is 0 Å². The first-order chi connectivity index (χ1) is 9.28. The predicted molar refractivity (Wildman–Crippen MR) is 94.8 cm³/mol. The Morgan fingerprint density at radius 3 is 2.65 bits per heavy atom. The molecular formula is C14H26IN5. The van der Waals surface area contributed by atoms with Gasteiger partial charge in [-0.15, -0.1) is 24.0 Å². The average Bonchev–Trinajstić information content (AvgIpc) is 3.05. The molecule has 2 heterocycles. The van der Waals surface area contributed by atoms with Crippen molar-refractivity contribution in [2.75, 3.05) is 40.3 Å². The summed E-state index contributed by atoms with van der Waals surface area (Å²) < 4.78 is 2.16. The standard InChI is InChI=1S/C14H25N5.HI/c1-15-14(16-6-10-19-7-3-4-8-19)17-11-13-5-9-18(2)12-13;/h3-4,7-8,13H,5-6,9-12H2,1-2H3,(H2,15,16,17);1H. The van der Waals surface area contributed by atoms with Crippen molar-refractivity contribution in [3.8, 4) is 0 Å². The minimum absolute atomic E-state index is 0. The normalized spacial score (nSPS) is 19.7. The van der Waals surface area contributed by atoms with Crippen molar-refractivity contribution in [1.29, 1.82) is 0 Å². The molecule has 20 heavy (non-hydrogen) atoms. The zero-order valence-electron chi connectivity index (χ0n) is 12.4. The third kappa shape index (κ3) is 5.70. The van der Waals surface area contributed by atoms with Gasteiger partial charge in [-0.05, 0) is 38.1 Å². The molecule has 1 unspecified atom stereocenters. The predicted octanol–water partition coefficient (Wildman–Crippen LogP) is 1.22. The van der Waals surface area contributed by atoms with Gasteiger partial charge in [-0.3, -0.25) is 4.99 Å². The van der Waals surface area contributed by atoms with Gasteiger partial charge < -0.3 is 20.1 Å². The van der Waals surface area contributed by atoms with Crippen LogP contribution in [0.3, 0.4) is 0 Å². The van der Waals surface area contributed by atoms with E-state index in [0.29, 0.717) is 0 Å². The van der Waals surface area contributed by atoms with E-state index in [1.54, 1.807) is 0 Å². The third-order valence-electron chi connectivity index (χ3n) is 3.60. The van der Waals surface area contributed by atoms with Crippen LogP contribution in [0.2, 0.25) is 0 Å². The van der Waals surface area contributed by atoms with Crippen molar-refractivity contribution in [3.05, 3.63) is 24.5 Å². The third-order valence-corrected chi connectivity index (χ3v) is 3.60. The molecule has 114 valence electrons. The molecule has 1 aromatic rings. The molecule has 5 nitrogen and oxygen atoms in total. The quantitative estimate of drug-likeness (QED) is 0.451. The molecule has 1 saturated heterocycles. The molecule has 0 aliphatic carbocycles. The molecule has 6 heteroatoms. The first-order valence-electron chi connectivity index (χ1n) is 7.01. The molecule has 0 saturated carbocycles. The van der Waals surface area contributed by atoms with E-state index in [9.17, 15) is 0 Å². The number of aliphatic imine (C=N–C) groups is 1. The van der Waals surface area contributed by atoms with Crippen molar-refractivity contribution >= 4 is 29.9 Å². The Morgan fingerprint density at radius 1 is 1.30 bits per heavy atom. The van der Waals surface area contributed by atoms with Crippen molar-refractivity contribution in [1.82, 2.24) is 20.1 Å². The zero-order chi connectivity index (χ0) is 13.5. The van der Waals surface area contributed by atoms with Gasteiger partial charge in [0.2, 0.25) is 0 Å². The van der Waals surface area contributed by atoms with E-state index < -0.39 is 0 Å². The average molecular weight is 391 g/mol. The lowest BCUT2D eigenvalue weighted by Gasteiger charge is -2.15. The Hall–Kier alpha value is -0.760. The van der Waals surface area contributed by atoms with Gasteiger partial charge in [-0.2, -0.15) is 0 Å². The summed E-state index contributed by atoms with van der Waals surface area (Å²) in [6, 6.07) is 4.09. The minimum Gasteiger partial charge on any atom is -0.356 e. The fourth-order valence-electron chi connectivity index (χ4n) is 2.48. The van der Waals surface area contributed by atoms with E-state index in [0.717, 1.165) is 31.5 Å². The summed E-state index contributed by atoms with van der Waals surface area (Å²) in [4.78, 5) is 6.64. The van der Waals surface area contributed by atoms with Gasteiger partial charge >= 0.3 is 0 Å². The van der Waals surface area contributed by atoms with Crippen LogP contribution in [0, 0.1) is 5.92 Å². The molecule has 1 aromatic heterocycles. The topological polar surface area (TPSA) is 44.6 Å². The van der Waals surface area contributed by atoms with Gasteiger partial charge in [0.1, 0.15) is 0 Å². The molecule has 0 radical (unpaired) electrons. The maximum absolute atomic E-state index is 4.26. The maximum atomic E-state index is 4.26. The number of hydrogen-bond donors (Lipinski definition) is 2. The highest BCUT2D eigenvalue weighted by atomic mass is 127. The highest BCUT2D eigenvalue weighted by molar-refractivity contribution is 14.0. The molecule has 0 aromatic carbocycles.